The van der Waals surface area contributed by atoms with Gasteiger partial charge in [-0.25, -0.2) is 15.0 Å². The van der Waals surface area contributed by atoms with Gasteiger partial charge in [0.15, 0.2) is 5.13 Å². The zero-order valence-electron chi connectivity index (χ0n) is 18.6. The Hall–Kier alpha value is -2.53. The first-order chi connectivity index (χ1) is 15.7. The fraction of sp³-hybridized carbons (Fsp3) is 0.455. The van der Waals surface area contributed by atoms with Gasteiger partial charge in [-0.1, -0.05) is 18.9 Å². The average molecular weight is 498 g/mol. The number of carbonyl (C=O) groups is 1. The summed E-state index contributed by atoms with van der Waals surface area (Å²) in [6.45, 7) is 6.06. The van der Waals surface area contributed by atoms with E-state index in [2.05, 4.69) is 31.0 Å². The highest BCUT2D eigenvalue weighted by Crippen LogP contribution is 2.37. The first-order valence-corrected chi connectivity index (χ1v) is 12.2. The van der Waals surface area contributed by atoms with Crippen molar-refractivity contribution in [1.29, 1.82) is 0 Å². The summed E-state index contributed by atoms with van der Waals surface area (Å²) in [5.74, 6) is -0.542. The maximum Gasteiger partial charge on any atom is 0.393 e. The van der Waals surface area contributed by atoms with Gasteiger partial charge in [0.1, 0.15) is 5.82 Å². The number of nitrogens with one attached hydrogen (secondary N) is 2. The molecule has 11 heteroatoms. The van der Waals surface area contributed by atoms with Gasteiger partial charge >= 0.3 is 6.18 Å². The molecule has 178 valence electrons. The van der Waals surface area contributed by atoms with E-state index in [1.165, 1.54) is 0 Å². The Bertz CT molecular complexity index is 1050. The SMILES string of the molecule is Cc1ccc(Nc2nc(-c3sc(C)nc3C)cs2)nc1.O=CNC1CCCCC1C(F)(F)F. The van der Waals surface area contributed by atoms with Crippen LogP contribution >= 0.6 is 22.7 Å². The van der Waals surface area contributed by atoms with Crippen molar-refractivity contribution in [3.63, 3.8) is 0 Å². The van der Waals surface area contributed by atoms with Crippen molar-refractivity contribution in [3.8, 4) is 10.6 Å². The minimum absolute atomic E-state index is 0.134. The lowest BCUT2D eigenvalue weighted by atomic mass is 9.84. The standard InChI is InChI=1S/C14H14N4S2.C8H12F3NO/c1-8-4-5-12(15-6-8)18-14-17-11(7-19-14)13-9(2)16-10(3)20-13;9-8(10,11)6-3-1-2-4-7(6)12-5-13/h4-7H,1-3H3,(H,15,17,18);5-7H,1-4H2,(H,12,13). The van der Waals surface area contributed by atoms with Gasteiger partial charge in [-0.2, -0.15) is 13.2 Å². The second-order valence-electron chi connectivity index (χ2n) is 7.85. The molecular weight excluding hydrogens is 471 g/mol. The van der Waals surface area contributed by atoms with E-state index >= 15 is 0 Å². The Kier molecular flexibility index (Phi) is 8.41. The van der Waals surface area contributed by atoms with Gasteiger partial charge in [-0.05, 0) is 45.2 Å². The van der Waals surface area contributed by atoms with Crippen molar-refractivity contribution in [2.24, 2.45) is 5.92 Å². The molecule has 4 rings (SSSR count). The number of aryl methyl sites for hydroxylation is 3. The highest BCUT2D eigenvalue weighted by Gasteiger charge is 2.45. The molecule has 2 unspecified atom stereocenters. The number of nitrogens with zero attached hydrogens (tertiary/aromatic N) is 3. The van der Waals surface area contributed by atoms with E-state index in [0.29, 0.717) is 19.3 Å². The predicted octanol–water partition coefficient (Wildman–Crippen LogP) is 6.18. The van der Waals surface area contributed by atoms with Gasteiger partial charge in [0.05, 0.1) is 27.2 Å². The minimum atomic E-state index is -4.18. The Morgan fingerprint density at radius 3 is 2.48 bits per heavy atom. The lowest BCUT2D eigenvalue weighted by Gasteiger charge is -2.32. The van der Waals surface area contributed by atoms with E-state index in [4.69, 9.17) is 0 Å². The number of carbonyl (C=O) groups excluding carboxylic acids is 1. The fourth-order valence-corrected chi connectivity index (χ4v) is 5.33. The van der Waals surface area contributed by atoms with Crippen LogP contribution in [-0.4, -0.2) is 33.6 Å². The van der Waals surface area contributed by atoms with Crippen molar-refractivity contribution in [3.05, 3.63) is 40.0 Å². The molecule has 3 aromatic heterocycles. The lowest BCUT2D eigenvalue weighted by molar-refractivity contribution is -0.188. The monoisotopic (exact) mass is 497 g/mol. The Balaban J connectivity index is 0.000000205. The number of thiazole rings is 2. The van der Waals surface area contributed by atoms with Crippen LogP contribution in [0, 0.1) is 26.7 Å². The van der Waals surface area contributed by atoms with E-state index in [1.54, 1.807) is 22.7 Å². The molecule has 1 aliphatic rings. The summed E-state index contributed by atoms with van der Waals surface area (Å²) in [5.41, 5.74) is 3.16. The van der Waals surface area contributed by atoms with Gasteiger partial charge < -0.3 is 10.6 Å². The molecule has 1 aliphatic carbocycles. The van der Waals surface area contributed by atoms with Crippen molar-refractivity contribution in [1.82, 2.24) is 20.3 Å². The summed E-state index contributed by atoms with van der Waals surface area (Å²) >= 11 is 3.26. The molecule has 0 aliphatic heterocycles. The number of anilines is 2. The van der Waals surface area contributed by atoms with E-state index in [-0.39, 0.29) is 6.42 Å². The van der Waals surface area contributed by atoms with E-state index in [1.807, 2.05) is 39.1 Å². The number of hydrogen-bond donors (Lipinski definition) is 2. The molecule has 33 heavy (non-hydrogen) atoms. The third-order valence-corrected chi connectivity index (χ3v) is 7.11. The highest BCUT2D eigenvalue weighted by atomic mass is 32.1. The van der Waals surface area contributed by atoms with Crippen LogP contribution in [-0.2, 0) is 4.79 Å². The molecule has 2 N–H and O–H groups in total. The van der Waals surface area contributed by atoms with Crippen LogP contribution in [0.15, 0.2) is 23.7 Å². The van der Waals surface area contributed by atoms with Crippen LogP contribution in [0.2, 0.25) is 0 Å². The molecule has 3 heterocycles. The number of pyridine rings is 1. The average Bonchev–Trinajstić information content (AvgIpc) is 3.35. The van der Waals surface area contributed by atoms with Crippen LogP contribution in [0.1, 0.15) is 41.9 Å². The maximum atomic E-state index is 12.4. The zero-order chi connectivity index (χ0) is 24.0. The summed E-state index contributed by atoms with van der Waals surface area (Å²) in [6.07, 6.45) is -0.0550. The van der Waals surface area contributed by atoms with Gasteiger partial charge in [0.25, 0.3) is 0 Å². The molecule has 0 aromatic carbocycles. The molecule has 0 spiro atoms. The fourth-order valence-electron chi connectivity index (χ4n) is 3.67. The molecule has 0 bridgehead atoms. The number of halogens is 3. The molecule has 1 amide bonds. The molecule has 0 saturated heterocycles. The molecular formula is C22H26F3N5OS2. The number of amides is 1. The van der Waals surface area contributed by atoms with Crippen LogP contribution in [0.5, 0.6) is 0 Å². The van der Waals surface area contributed by atoms with Gasteiger partial charge in [0, 0.05) is 17.6 Å². The summed E-state index contributed by atoms with van der Waals surface area (Å²) in [7, 11) is 0. The first kappa shape index (κ1) is 25.1. The quantitative estimate of drug-likeness (QED) is 0.411. The van der Waals surface area contributed by atoms with Crippen molar-refractivity contribution >= 4 is 40.0 Å². The van der Waals surface area contributed by atoms with Crippen molar-refractivity contribution in [2.75, 3.05) is 5.32 Å². The Labute approximate surface area is 198 Å². The van der Waals surface area contributed by atoms with Gasteiger partial charge in [0.2, 0.25) is 6.41 Å². The number of aromatic nitrogens is 3. The maximum absolute atomic E-state index is 12.4. The van der Waals surface area contributed by atoms with Crippen molar-refractivity contribution < 1.29 is 18.0 Å². The Morgan fingerprint density at radius 2 is 1.88 bits per heavy atom. The number of rotatable bonds is 5. The highest BCUT2D eigenvalue weighted by molar-refractivity contribution is 7.16. The summed E-state index contributed by atoms with van der Waals surface area (Å²) in [6, 6.07) is 3.27. The zero-order valence-corrected chi connectivity index (χ0v) is 20.2. The van der Waals surface area contributed by atoms with Crippen LogP contribution in [0.3, 0.4) is 0 Å². The van der Waals surface area contributed by atoms with Crippen LogP contribution in [0.25, 0.3) is 10.6 Å². The molecule has 6 nitrogen and oxygen atoms in total. The second kappa shape index (κ2) is 11.1. The van der Waals surface area contributed by atoms with E-state index in [9.17, 15) is 18.0 Å². The van der Waals surface area contributed by atoms with E-state index < -0.39 is 18.1 Å². The third kappa shape index (κ3) is 6.97. The third-order valence-electron chi connectivity index (χ3n) is 5.26. The van der Waals surface area contributed by atoms with Crippen LogP contribution < -0.4 is 10.6 Å². The van der Waals surface area contributed by atoms with Gasteiger partial charge in [-0.3, -0.25) is 4.79 Å². The molecule has 1 fully saturated rings. The summed E-state index contributed by atoms with van der Waals surface area (Å²) in [4.78, 5) is 24.6. The molecule has 2 atom stereocenters. The van der Waals surface area contributed by atoms with Crippen LogP contribution in [0.4, 0.5) is 24.1 Å². The Morgan fingerprint density at radius 1 is 1.12 bits per heavy atom. The largest absolute Gasteiger partial charge is 0.393 e. The topological polar surface area (TPSA) is 79.8 Å². The minimum Gasteiger partial charge on any atom is -0.355 e. The second-order valence-corrected chi connectivity index (χ2v) is 9.92. The molecule has 1 saturated carbocycles. The summed E-state index contributed by atoms with van der Waals surface area (Å²) < 4.78 is 37.1. The summed E-state index contributed by atoms with van der Waals surface area (Å²) in [5, 5.41) is 9.44. The normalized spacial score (nSPS) is 18.2. The van der Waals surface area contributed by atoms with E-state index in [0.717, 1.165) is 44.2 Å². The smallest absolute Gasteiger partial charge is 0.355 e. The first-order valence-electron chi connectivity index (χ1n) is 10.5. The lowest BCUT2D eigenvalue weighted by Crippen LogP contribution is -2.44. The van der Waals surface area contributed by atoms with Crippen molar-refractivity contribution in [2.45, 2.75) is 58.7 Å². The predicted molar refractivity (Wildman–Crippen MR) is 126 cm³/mol. The number of alkyl halides is 3. The molecule has 0 radical (unpaired) electrons. The van der Waals surface area contributed by atoms with Gasteiger partial charge in [-0.15, -0.1) is 22.7 Å². The molecule has 3 aromatic rings. The number of hydrogen-bond acceptors (Lipinski definition) is 7.